The van der Waals surface area contributed by atoms with Gasteiger partial charge in [0.1, 0.15) is 0 Å². The molecule has 0 atom stereocenters. The van der Waals surface area contributed by atoms with Gasteiger partial charge in [-0.15, -0.1) is 0 Å². The van der Waals surface area contributed by atoms with E-state index in [-0.39, 0.29) is 18.0 Å². The fourth-order valence-electron chi connectivity index (χ4n) is 1.81. The van der Waals surface area contributed by atoms with Crippen LogP contribution < -0.4 is 5.32 Å². The van der Waals surface area contributed by atoms with Crippen LogP contribution >= 0.6 is 54.5 Å². The Morgan fingerprint density at radius 2 is 2.04 bits per heavy atom. The van der Waals surface area contributed by atoms with Gasteiger partial charge in [0.2, 0.25) is 5.91 Å². The average Bonchev–Trinajstić information content (AvgIpc) is 2.79. The van der Waals surface area contributed by atoms with E-state index in [1.54, 1.807) is 4.68 Å². The maximum Gasteiger partial charge on any atom is 0.271 e. The molecule has 0 fully saturated rings. The number of carbonyl (C=O) groups is 1. The normalized spacial score (nSPS) is 10.6. The Kier molecular flexibility index (Phi) is 6.14. The van der Waals surface area contributed by atoms with Crippen molar-refractivity contribution in [3.8, 4) is 0 Å². The number of aryl methyl sites for hydroxylation is 2. The summed E-state index contributed by atoms with van der Waals surface area (Å²) in [4.78, 5) is 22.4. The third-order valence-corrected chi connectivity index (χ3v) is 5.27. The van der Waals surface area contributed by atoms with Crippen LogP contribution in [0.5, 0.6) is 0 Å². The highest BCUT2D eigenvalue weighted by molar-refractivity contribution is 14.1. The van der Waals surface area contributed by atoms with Gasteiger partial charge in [0, 0.05) is 40.2 Å². The molecule has 0 unspecified atom stereocenters. The van der Waals surface area contributed by atoms with Crippen molar-refractivity contribution < 1.29 is 9.72 Å². The van der Waals surface area contributed by atoms with Gasteiger partial charge in [-0.3, -0.25) is 19.6 Å². The lowest BCUT2D eigenvalue weighted by molar-refractivity contribution is -0.385. The highest BCUT2D eigenvalue weighted by atomic mass is 127. The summed E-state index contributed by atoms with van der Waals surface area (Å²) in [5.74, 6) is -0.205. The van der Waals surface area contributed by atoms with E-state index in [0.717, 1.165) is 9.26 Å². The standard InChI is InChI=1S/C13H11Br2IN4O3/c1-7-11(16)6-19(18-7)3-2-12(21)17-13-9(14)4-8(20(22)23)5-10(13)15/h4-6H,2-3H2,1H3,(H,17,21). The number of anilines is 1. The smallest absolute Gasteiger partial charge is 0.271 e. The Morgan fingerprint density at radius 3 is 2.52 bits per heavy atom. The molecule has 2 aromatic rings. The van der Waals surface area contributed by atoms with Gasteiger partial charge in [0.15, 0.2) is 0 Å². The summed E-state index contributed by atoms with van der Waals surface area (Å²) in [6.07, 6.45) is 2.12. The van der Waals surface area contributed by atoms with Crippen LogP contribution in [0.1, 0.15) is 12.1 Å². The molecule has 0 saturated heterocycles. The number of halogens is 3. The van der Waals surface area contributed by atoms with Crippen LogP contribution in [0, 0.1) is 20.6 Å². The highest BCUT2D eigenvalue weighted by Gasteiger charge is 2.16. The zero-order chi connectivity index (χ0) is 17.1. The summed E-state index contributed by atoms with van der Waals surface area (Å²) in [6.45, 7) is 2.36. The minimum Gasteiger partial charge on any atom is -0.324 e. The largest absolute Gasteiger partial charge is 0.324 e. The molecule has 1 N–H and O–H groups in total. The van der Waals surface area contributed by atoms with E-state index in [1.807, 2.05) is 13.1 Å². The molecule has 23 heavy (non-hydrogen) atoms. The number of amides is 1. The maximum atomic E-state index is 12.1. The zero-order valence-electron chi connectivity index (χ0n) is 11.8. The van der Waals surface area contributed by atoms with Gasteiger partial charge < -0.3 is 5.32 Å². The van der Waals surface area contributed by atoms with E-state index < -0.39 is 4.92 Å². The molecule has 0 aliphatic rings. The molecule has 1 aromatic heterocycles. The zero-order valence-corrected chi connectivity index (χ0v) is 17.2. The fourth-order valence-corrected chi connectivity index (χ4v) is 3.60. The highest BCUT2D eigenvalue weighted by Crippen LogP contribution is 2.35. The number of carbonyl (C=O) groups excluding carboxylic acids is 1. The Hall–Kier alpha value is -1.01. The Labute approximate surface area is 162 Å². The van der Waals surface area contributed by atoms with Crippen molar-refractivity contribution in [2.75, 3.05) is 5.32 Å². The van der Waals surface area contributed by atoms with Crippen LogP contribution in [0.2, 0.25) is 0 Å². The molecule has 0 bridgehead atoms. The van der Waals surface area contributed by atoms with Crippen molar-refractivity contribution in [3.05, 3.63) is 46.7 Å². The second-order valence-electron chi connectivity index (χ2n) is 4.67. The van der Waals surface area contributed by atoms with Crippen LogP contribution in [0.4, 0.5) is 11.4 Å². The number of nitrogens with zero attached hydrogens (tertiary/aromatic N) is 3. The molecule has 0 aliphatic carbocycles. The van der Waals surface area contributed by atoms with Gasteiger partial charge in [-0.1, -0.05) is 0 Å². The lowest BCUT2D eigenvalue weighted by Crippen LogP contribution is -2.15. The lowest BCUT2D eigenvalue weighted by atomic mass is 10.2. The third-order valence-electron chi connectivity index (χ3n) is 2.96. The Morgan fingerprint density at radius 1 is 1.43 bits per heavy atom. The van der Waals surface area contributed by atoms with Crippen LogP contribution in [-0.4, -0.2) is 20.6 Å². The molecular weight excluding hydrogens is 547 g/mol. The fraction of sp³-hybridized carbons (Fsp3) is 0.231. The number of benzene rings is 1. The first kappa shape index (κ1) is 18.3. The number of hydrogen-bond donors (Lipinski definition) is 1. The molecule has 10 heteroatoms. The van der Waals surface area contributed by atoms with Crippen molar-refractivity contribution in [3.63, 3.8) is 0 Å². The molecule has 0 saturated carbocycles. The van der Waals surface area contributed by atoms with E-state index in [9.17, 15) is 14.9 Å². The first-order valence-electron chi connectivity index (χ1n) is 6.40. The van der Waals surface area contributed by atoms with E-state index in [0.29, 0.717) is 21.2 Å². The molecule has 122 valence electrons. The number of aromatic nitrogens is 2. The topological polar surface area (TPSA) is 90.1 Å². The first-order chi connectivity index (χ1) is 10.8. The van der Waals surface area contributed by atoms with Crippen LogP contribution in [0.3, 0.4) is 0 Å². The van der Waals surface area contributed by atoms with Crippen molar-refractivity contribution in [2.45, 2.75) is 19.9 Å². The SMILES string of the molecule is Cc1nn(CCC(=O)Nc2c(Br)cc([N+](=O)[O-])cc2Br)cc1I. The summed E-state index contributed by atoms with van der Waals surface area (Å²) in [7, 11) is 0. The van der Waals surface area contributed by atoms with Crippen LogP contribution in [0.25, 0.3) is 0 Å². The second-order valence-corrected chi connectivity index (χ2v) is 7.54. The molecule has 2 rings (SSSR count). The Bertz CT molecular complexity index is 736. The molecule has 0 radical (unpaired) electrons. The van der Waals surface area contributed by atoms with Crippen molar-refractivity contribution in [2.24, 2.45) is 0 Å². The monoisotopic (exact) mass is 556 g/mol. The predicted octanol–water partition coefficient (Wildman–Crippen LogP) is 4.26. The minimum absolute atomic E-state index is 0.0664. The van der Waals surface area contributed by atoms with E-state index in [4.69, 9.17) is 0 Å². The van der Waals surface area contributed by atoms with Crippen molar-refractivity contribution in [1.29, 1.82) is 0 Å². The van der Waals surface area contributed by atoms with Crippen LogP contribution in [0.15, 0.2) is 27.3 Å². The number of rotatable bonds is 5. The predicted molar refractivity (Wildman–Crippen MR) is 101 cm³/mol. The maximum absolute atomic E-state index is 12.1. The third kappa shape index (κ3) is 4.73. The summed E-state index contributed by atoms with van der Waals surface area (Å²) in [6, 6.07) is 2.69. The summed E-state index contributed by atoms with van der Waals surface area (Å²) in [5.41, 5.74) is 1.32. The first-order valence-corrected chi connectivity index (χ1v) is 9.07. The van der Waals surface area contributed by atoms with Crippen molar-refractivity contribution in [1.82, 2.24) is 9.78 Å². The average molecular weight is 558 g/mol. The van der Waals surface area contributed by atoms with Gasteiger partial charge in [0.05, 0.1) is 19.9 Å². The number of nitro benzene ring substituents is 1. The number of hydrogen-bond acceptors (Lipinski definition) is 4. The van der Waals surface area contributed by atoms with Gasteiger partial charge in [-0.05, 0) is 61.4 Å². The van der Waals surface area contributed by atoms with Gasteiger partial charge in [0.25, 0.3) is 5.69 Å². The Balaban J connectivity index is 2.04. The molecule has 0 spiro atoms. The molecule has 7 nitrogen and oxygen atoms in total. The van der Waals surface area contributed by atoms with Crippen LogP contribution in [-0.2, 0) is 11.3 Å². The molecule has 1 amide bonds. The number of nitro groups is 1. The minimum atomic E-state index is -0.497. The van der Waals surface area contributed by atoms with Gasteiger partial charge in [-0.25, -0.2) is 0 Å². The summed E-state index contributed by atoms with van der Waals surface area (Å²) in [5, 5.41) is 17.8. The summed E-state index contributed by atoms with van der Waals surface area (Å²) < 4.78 is 3.65. The van der Waals surface area contributed by atoms with Gasteiger partial charge in [-0.2, -0.15) is 5.10 Å². The lowest BCUT2D eigenvalue weighted by Gasteiger charge is -2.10. The van der Waals surface area contributed by atoms with E-state index in [1.165, 1.54) is 12.1 Å². The molecule has 1 heterocycles. The summed E-state index contributed by atoms with van der Waals surface area (Å²) >= 11 is 8.66. The second kappa shape index (κ2) is 7.71. The van der Waals surface area contributed by atoms with E-state index >= 15 is 0 Å². The van der Waals surface area contributed by atoms with Gasteiger partial charge >= 0.3 is 0 Å². The molecule has 0 aliphatic heterocycles. The quantitative estimate of drug-likeness (QED) is 0.338. The number of nitrogens with one attached hydrogen (secondary N) is 1. The van der Waals surface area contributed by atoms with E-state index in [2.05, 4.69) is 64.9 Å². The molecular formula is C13H11Br2IN4O3. The van der Waals surface area contributed by atoms with Crippen molar-refractivity contribution >= 4 is 71.7 Å². The molecule has 1 aromatic carbocycles. The number of non-ortho nitro benzene ring substituents is 1.